The van der Waals surface area contributed by atoms with Gasteiger partial charge in [0.1, 0.15) is 0 Å². The molecule has 0 atom stereocenters. The van der Waals surface area contributed by atoms with E-state index in [-0.39, 0.29) is 0 Å². The van der Waals surface area contributed by atoms with Crippen LogP contribution in [0.15, 0.2) is 61.2 Å². The molecule has 0 amide bonds. The predicted molar refractivity (Wildman–Crippen MR) is 74.0 cm³/mol. The third-order valence-corrected chi connectivity index (χ3v) is 2.93. The Balaban J connectivity index is 2.36. The largest absolute Gasteiger partial charge is 0.102 e. The summed E-state index contributed by atoms with van der Waals surface area (Å²) < 4.78 is 0. The van der Waals surface area contributed by atoms with Gasteiger partial charge >= 0.3 is 0 Å². The predicted octanol–water partition coefficient (Wildman–Crippen LogP) is 4.46. The second-order valence-corrected chi connectivity index (χ2v) is 4.35. The molecule has 0 aliphatic heterocycles. The summed E-state index contributed by atoms with van der Waals surface area (Å²) in [6.07, 6.45) is 1.93. The van der Waals surface area contributed by atoms with Gasteiger partial charge in [0, 0.05) is 0 Å². The highest BCUT2D eigenvalue weighted by atomic mass is 14.1. The monoisotopic (exact) mass is 221 g/mol. The van der Waals surface area contributed by atoms with Crippen LogP contribution in [-0.2, 0) is 0 Å². The maximum absolute atomic E-state index is 3.92. The molecule has 0 spiro atoms. The zero-order valence-electron chi connectivity index (χ0n) is 10.4. The summed E-state index contributed by atoms with van der Waals surface area (Å²) in [7, 11) is 0. The minimum atomic E-state index is 1.19. The van der Waals surface area contributed by atoms with E-state index in [9.17, 15) is 0 Å². The molecule has 0 N–H and O–H groups in total. The van der Waals surface area contributed by atoms with Crippen molar-refractivity contribution in [2.24, 2.45) is 0 Å². The molecule has 0 unspecified atom stereocenters. The molecule has 17 heavy (non-hydrogen) atoms. The Kier molecular flexibility index (Phi) is 3.43. The van der Waals surface area contributed by atoms with E-state index in [2.05, 4.69) is 69.0 Å². The Morgan fingerprint density at radius 3 is 1.41 bits per heavy atom. The highest BCUT2D eigenvalue weighted by molar-refractivity contribution is 5.51. The van der Waals surface area contributed by atoms with E-state index in [0.717, 1.165) is 0 Å². The van der Waals surface area contributed by atoms with Crippen molar-refractivity contribution in [3.63, 3.8) is 0 Å². The lowest BCUT2D eigenvalue weighted by molar-refractivity contribution is 1.27. The van der Waals surface area contributed by atoms with Gasteiger partial charge in [0.05, 0.1) is 5.92 Å². The van der Waals surface area contributed by atoms with E-state index >= 15 is 0 Å². The third kappa shape index (κ3) is 2.65. The van der Waals surface area contributed by atoms with Gasteiger partial charge in [0.15, 0.2) is 0 Å². The van der Waals surface area contributed by atoms with E-state index in [1.165, 1.54) is 28.2 Å². The molecule has 0 heterocycles. The molecule has 0 bridgehead atoms. The van der Waals surface area contributed by atoms with Crippen LogP contribution in [0.5, 0.6) is 0 Å². The summed E-state index contributed by atoms with van der Waals surface area (Å²) in [5, 5.41) is 0. The van der Waals surface area contributed by atoms with Crippen LogP contribution in [0.25, 0.3) is 0 Å². The molecule has 0 heteroatoms. The Morgan fingerprint density at radius 1 is 0.765 bits per heavy atom. The number of aryl methyl sites for hydroxylation is 2. The number of benzene rings is 2. The maximum atomic E-state index is 3.92. The van der Waals surface area contributed by atoms with Crippen molar-refractivity contribution in [2.75, 3.05) is 0 Å². The van der Waals surface area contributed by atoms with Gasteiger partial charge in [-0.2, -0.15) is 0 Å². The normalized spacial score (nSPS) is 10.5. The quantitative estimate of drug-likeness (QED) is 0.717. The molecule has 0 aliphatic carbocycles. The second-order valence-electron chi connectivity index (χ2n) is 4.35. The number of rotatable bonds is 3. The first kappa shape index (κ1) is 11.7. The highest BCUT2D eigenvalue weighted by Crippen LogP contribution is 2.25. The summed E-state index contributed by atoms with van der Waals surface area (Å²) in [6.45, 7) is 8.12. The van der Waals surface area contributed by atoms with Crippen LogP contribution < -0.4 is 0 Å². The average molecular weight is 221 g/mol. The maximum Gasteiger partial charge on any atom is 0.0551 e. The fraction of sp³-hybridized carbons (Fsp3) is 0.118. The van der Waals surface area contributed by atoms with Crippen molar-refractivity contribution >= 4 is 0 Å². The Bertz CT molecular complexity index is 443. The van der Waals surface area contributed by atoms with Gasteiger partial charge in [-0.1, -0.05) is 65.7 Å². The molecule has 0 fully saturated rings. The zero-order valence-corrected chi connectivity index (χ0v) is 10.4. The SMILES string of the molecule is C=C[C](c1ccc(C)cc1)c1ccc(C)cc1. The molecule has 2 rings (SSSR count). The summed E-state index contributed by atoms with van der Waals surface area (Å²) in [5.74, 6) is 1.19. The first-order valence-electron chi connectivity index (χ1n) is 5.84. The van der Waals surface area contributed by atoms with Crippen LogP contribution in [0.4, 0.5) is 0 Å². The second kappa shape index (κ2) is 5.01. The van der Waals surface area contributed by atoms with Gasteiger partial charge in [-0.25, -0.2) is 0 Å². The van der Waals surface area contributed by atoms with Gasteiger partial charge in [-0.3, -0.25) is 0 Å². The topological polar surface area (TPSA) is 0 Å². The van der Waals surface area contributed by atoms with Crippen LogP contribution in [0, 0.1) is 19.8 Å². The van der Waals surface area contributed by atoms with Gasteiger partial charge in [0.25, 0.3) is 0 Å². The molecule has 0 saturated carbocycles. The van der Waals surface area contributed by atoms with Crippen molar-refractivity contribution in [3.8, 4) is 0 Å². The summed E-state index contributed by atoms with van der Waals surface area (Å²) in [4.78, 5) is 0. The van der Waals surface area contributed by atoms with E-state index in [0.29, 0.717) is 0 Å². The van der Waals surface area contributed by atoms with Crippen LogP contribution in [0.3, 0.4) is 0 Å². The molecule has 0 nitrogen and oxygen atoms in total. The lowest BCUT2D eigenvalue weighted by Gasteiger charge is -2.13. The van der Waals surface area contributed by atoms with Crippen molar-refractivity contribution in [1.82, 2.24) is 0 Å². The smallest absolute Gasteiger partial charge is 0.0551 e. The molecule has 0 saturated heterocycles. The number of hydrogen-bond acceptors (Lipinski definition) is 0. The van der Waals surface area contributed by atoms with Crippen molar-refractivity contribution < 1.29 is 0 Å². The first-order valence-corrected chi connectivity index (χ1v) is 5.84. The zero-order chi connectivity index (χ0) is 12.3. The third-order valence-electron chi connectivity index (χ3n) is 2.93. The number of hydrogen-bond donors (Lipinski definition) is 0. The van der Waals surface area contributed by atoms with Gasteiger partial charge in [-0.05, 0) is 25.0 Å². The van der Waals surface area contributed by atoms with Crippen LogP contribution in [0.2, 0.25) is 0 Å². The minimum absolute atomic E-state index is 1.19. The lowest BCUT2D eigenvalue weighted by Crippen LogP contribution is -1.98. The van der Waals surface area contributed by atoms with E-state index in [1.54, 1.807) is 0 Å². The molecule has 0 aliphatic rings. The summed E-state index contributed by atoms with van der Waals surface area (Å²) in [6, 6.07) is 17.1. The average Bonchev–Trinajstić information content (AvgIpc) is 2.35. The fourth-order valence-electron chi connectivity index (χ4n) is 1.87. The molecule has 85 valence electrons. The molecule has 1 radical (unpaired) electrons. The van der Waals surface area contributed by atoms with Gasteiger partial charge in [-0.15, -0.1) is 6.58 Å². The van der Waals surface area contributed by atoms with E-state index in [4.69, 9.17) is 0 Å². The van der Waals surface area contributed by atoms with Crippen LogP contribution >= 0.6 is 0 Å². The van der Waals surface area contributed by atoms with Gasteiger partial charge in [0.2, 0.25) is 0 Å². The summed E-state index contributed by atoms with van der Waals surface area (Å²) in [5.41, 5.74) is 4.99. The summed E-state index contributed by atoms with van der Waals surface area (Å²) >= 11 is 0. The standard InChI is InChI=1S/C17H17/c1-4-17(15-9-5-13(2)6-10-15)16-11-7-14(3)8-12-16/h4-12H,1H2,2-3H3. The van der Waals surface area contributed by atoms with E-state index < -0.39 is 0 Å². The Labute approximate surface area is 104 Å². The van der Waals surface area contributed by atoms with Gasteiger partial charge < -0.3 is 0 Å². The molecular formula is C17H17. The minimum Gasteiger partial charge on any atom is -0.102 e. The Hall–Kier alpha value is -1.82. The number of allylic oxidation sites excluding steroid dienone is 1. The van der Waals surface area contributed by atoms with Crippen LogP contribution in [-0.4, -0.2) is 0 Å². The van der Waals surface area contributed by atoms with Crippen LogP contribution in [0.1, 0.15) is 22.3 Å². The first-order chi connectivity index (χ1) is 8.20. The van der Waals surface area contributed by atoms with E-state index in [1.807, 2.05) is 6.08 Å². The molecule has 2 aromatic rings. The van der Waals surface area contributed by atoms with Crippen molar-refractivity contribution in [3.05, 3.63) is 89.4 Å². The molecular weight excluding hydrogens is 204 g/mol. The fourth-order valence-corrected chi connectivity index (χ4v) is 1.87. The Morgan fingerprint density at radius 2 is 1.12 bits per heavy atom. The molecule has 0 aromatic heterocycles. The van der Waals surface area contributed by atoms with Crippen molar-refractivity contribution in [1.29, 1.82) is 0 Å². The highest BCUT2D eigenvalue weighted by Gasteiger charge is 2.10. The van der Waals surface area contributed by atoms with Crippen molar-refractivity contribution in [2.45, 2.75) is 13.8 Å². The lowest BCUT2D eigenvalue weighted by atomic mass is 9.90. The molecule has 2 aromatic carbocycles.